The van der Waals surface area contributed by atoms with Crippen LogP contribution in [0.2, 0.25) is 0 Å². The number of fused-ring (bicyclic) bond motifs is 1. The molecular formula is C11H13FN4O. The van der Waals surface area contributed by atoms with Crippen LogP contribution in [0.3, 0.4) is 0 Å². The Balaban J connectivity index is 1.76. The average molecular weight is 236 g/mol. The van der Waals surface area contributed by atoms with Gasteiger partial charge in [-0.2, -0.15) is 4.98 Å². The third-order valence-corrected chi connectivity index (χ3v) is 3.15. The SMILES string of the molecule is OC1(CNc2nc3ccc(F)cn3n2)CCC1. The van der Waals surface area contributed by atoms with E-state index in [0.29, 0.717) is 18.1 Å². The zero-order valence-corrected chi connectivity index (χ0v) is 9.23. The summed E-state index contributed by atoms with van der Waals surface area (Å²) in [5.41, 5.74) is -0.0441. The summed E-state index contributed by atoms with van der Waals surface area (Å²) in [6, 6.07) is 2.90. The molecule has 2 heterocycles. The van der Waals surface area contributed by atoms with Crippen molar-refractivity contribution in [2.45, 2.75) is 24.9 Å². The van der Waals surface area contributed by atoms with Crippen LogP contribution >= 0.6 is 0 Å². The predicted molar refractivity (Wildman–Crippen MR) is 60.2 cm³/mol. The molecule has 90 valence electrons. The van der Waals surface area contributed by atoms with Gasteiger partial charge in [-0.15, -0.1) is 5.10 Å². The summed E-state index contributed by atoms with van der Waals surface area (Å²) < 4.78 is 14.3. The highest BCUT2D eigenvalue weighted by Crippen LogP contribution is 2.31. The first-order chi connectivity index (χ1) is 8.15. The van der Waals surface area contributed by atoms with Crippen molar-refractivity contribution in [1.82, 2.24) is 14.6 Å². The van der Waals surface area contributed by atoms with Gasteiger partial charge in [-0.3, -0.25) is 0 Å². The van der Waals surface area contributed by atoms with E-state index < -0.39 is 5.60 Å². The maximum absolute atomic E-state index is 12.9. The van der Waals surface area contributed by atoms with Crippen LogP contribution in [-0.2, 0) is 0 Å². The molecule has 0 radical (unpaired) electrons. The topological polar surface area (TPSA) is 62.5 Å². The molecule has 2 N–H and O–H groups in total. The van der Waals surface area contributed by atoms with E-state index in [1.54, 1.807) is 6.07 Å². The minimum Gasteiger partial charge on any atom is -0.388 e. The summed E-state index contributed by atoms with van der Waals surface area (Å²) in [5, 5.41) is 17.0. The Kier molecular flexibility index (Phi) is 2.25. The number of nitrogens with zero attached hydrogens (tertiary/aromatic N) is 3. The first kappa shape index (κ1) is 10.5. The van der Waals surface area contributed by atoms with Gasteiger partial charge in [-0.05, 0) is 31.4 Å². The van der Waals surface area contributed by atoms with E-state index in [1.165, 1.54) is 16.8 Å². The quantitative estimate of drug-likeness (QED) is 0.840. The maximum atomic E-state index is 12.9. The van der Waals surface area contributed by atoms with E-state index in [0.717, 1.165) is 19.3 Å². The number of nitrogens with one attached hydrogen (secondary N) is 1. The van der Waals surface area contributed by atoms with Crippen LogP contribution in [0.1, 0.15) is 19.3 Å². The number of aromatic nitrogens is 3. The lowest BCUT2D eigenvalue weighted by Crippen LogP contribution is -2.43. The average Bonchev–Trinajstić information content (AvgIpc) is 2.65. The van der Waals surface area contributed by atoms with Gasteiger partial charge in [-0.1, -0.05) is 0 Å². The van der Waals surface area contributed by atoms with Crippen LogP contribution in [0.5, 0.6) is 0 Å². The van der Waals surface area contributed by atoms with Crippen molar-refractivity contribution in [3.05, 3.63) is 24.1 Å². The molecule has 3 rings (SSSR count). The van der Waals surface area contributed by atoms with Crippen LogP contribution in [-0.4, -0.2) is 31.9 Å². The summed E-state index contributed by atoms with van der Waals surface area (Å²) in [6.07, 6.45) is 3.94. The number of aliphatic hydroxyl groups is 1. The molecule has 0 aliphatic heterocycles. The second kappa shape index (κ2) is 3.66. The smallest absolute Gasteiger partial charge is 0.243 e. The van der Waals surface area contributed by atoms with Crippen LogP contribution < -0.4 is 5.32 Å². The fourth-order valence-corrected chi connectivity index (χ4v) is 1.94. The van der Waals surface area contributed by atoms with Gasteiger partial charge in [0.25, 0.3) is 0 Å². The van der Waals surface area contributed by atoms with Crippen molar-refractivity contribution in [2.24, 2.45) is 0 Å². The summed E-state index contributed by atoms with van der Waals surface area (Å²) in [5.74, 6) is 0.0579. The zero-order chi connectivity index (χ0) is 11.9. The summed E-state index contributed by atoms with van der Waals surface area (Å²) >= 11 is 0. The van der Waals surface area contributed by atoms with Crippen molar-refractivity contribution in [2.75, 3.05) is 11.9 Å². The molecule has 0 amide bonds. The molecule has 6 heteroatoms. The summed E-state index contributed by atoms with van der Waals surface area (Å²) in [7, 11) is 0. The second-order valence-electron chi connectivity index (χ2n) is 4.52. The van der Waals surface area contributed by atoms with Gasteiger partial charge >= 0.3 is 0 Å². The largest absolute Gasteiger partial charge is 0.388 e. The van der Waals surface area contributed by atoms with E-state index in [4.69, 9.17) is 0 Å². The van der Waals surface area contributed by atoms with E-state index in [2.05, 4.69) is 15.4 Å². The Morgan fingerprint density at radius 3 is 3.00 bits per heavy atom. The molecule has 0 aromatic carbocycles. The Hall–Kier alpha value is -1.69. The van der Waals surface area contributed by atoms with Crippen molar-refractivity contribution >= 4 is 11.6 Å². The molecule has 0 unspecified atom stereocenters. The fourth-order valence-electron chi connectivity index (χ4n) is 1.94. The normalized spacial score (nSPS) is 18.0. The molecule has 2 aromatic heterocycles. The van der Waals surface area contributed by atoms with Crippen LogP contribution in [0.25, 0.3) is 5.65 Å². The molecular weight excluding hydrogens is 223 g/mol. The lowest BCUT2D eigenvalue weighted by atomic mass is 9.80. The lowest BCUT2D eigenvalue weighted by molar-refractivity contribution is -0.0203. The fraction of sp³-hybridized carbons (Fsp3) is 0.455. The van der Waals surface area contributed by atoms with Gasteiger partial charge in [0, 0.05) is 6.54 Å². The van der Waals surface area contributed by atoms with E-state index in [1.807, 2.05) is 0 Å². The van der Waals surface area contributed by atoms with Gasteiger partial charge < -0.3 is 10.4 Å². The number of halogens is 1. The molecule has 0 bridgehead atoms. The predicted octanol–water partition coefficient (Wildman–Crippen LogP) is 1.20. The van der Waals surface area contributed by atoms with Crippen LogP contribution in [0.4, 0.5) is 10.3 Å². The Bertz CT molecular complexity index is 549. The number of pyridine rings is 1. The number of hydrogen-bond donors (Lipinski definition) is 2. The monoisotopic (exact) mass is 236 g/mol. The molecule has 2 aromatic rings. The summed E-state index contributed by atoms with van der Waals surface area (Å²) in [6.45, 7) is 0.437. The number of rotatable bonds is 3. The van der Waals surface area contributed by atoms with Crippen LogP contribution in [0, 0.1) is 5.82 Å². The first-order valence-corrected chi connectivity index (χ1v) is 5.63. The minimum atomic E-state index is -0.622. The highest BCUT2D eigenvalue weighted by atomic mass is 19.1. The van der Waals surface area contributed by atoms with E-state index in [9.17, 15) is 9.50 Å². The zero-order valence-electron chi connectivity index (χ0n) is 9.23. The molecule has 1 saturated carbocycles. The highest BCUT2D eigenvalue weighted by Gasteiger charge is 2.34. The standard InChI is InChI=1S/C11H13FN4O/c12-8-2-3-9-14-10(15-16(9)6-8)13-7-11(17)4-1-5-11/h2-3,6,17H,1,4-5,7H2,(H,13,15). The number of anilines is 1. The molecule has 0 atom stereocenters. The first-order valence-electron chi connectivity index (χ1n) is 5.63. The molecule has 1 aliphatic carbocycles. The van der Waals surface area contributed by atoms with Crippen molar-refractivity contribution in [3.63, 3.8) is 0 Å². The Morgan fingerprint density at radius 2 is 2.29 bits per heavy atom. The van der Waals surface area contributed by atoms with Crippen LogP contribution in [0.15, 0.2) is 18.3 Å². The van der Waals surface area contributed by atoms with Gasteiger partial charge in [0.2, 0.25) is 5.95 Å². The van der Waals surface area contributed by atoms with E-state index in [-0.39, 0.29) is 5.82 Å². The second-order valence-corrected chi connectivity index (χ2v) is 4.52. The highest BCUT2D eigenvalue weighted by molar-refractivity contribution is 5.43. The van der Waals surface area contributed by atoms with Gasteiger partial charge in [0.15, 0.2) is 5.65 Å². The third-order valence-electron chi connectivity index (χ3n) is 3.15. The molecule has 1 fully saturated rings. The van der Waals surface area contributed by atoms with Gasteiger partial charge in [0.05, 0.1) is 11.8 Å². The van der Waals surface area contributed by atoms with Crippen molar-refractivity contribution in [1.29, 1.82) is 0 Å². The van der Waals surface area contributed by atoms with Crippen molar-refractivity contribution in [3.8, 4) is 0 Å². The summed E-state index contributed by atoms with van der Waals surface area (Å²) in [4.78, 5) is 4.18. The maximum Gasteiger partial charge on any atom is 0.243 e. The molecule has 0 saturated heterocycles. The lowest BCUT2D eigenvalue weighted by Gasteiger charge is -2.36. The van der Waals surface area contributed by atoms with Gasteiger partial charge in [0.1, 0.15) is 5.82 Å². The molecule has 1 aliphatic rings. The van der Waals surface area contributed by atoms with Gasteiger partial charge in [-0.25, -0.2) is 8.91 Å². The molecule has 0 spiro atoms. The van der Waals surface area contributed by atoms with Crippen molar-refractivity contribution < 1.29 is 9.50 Å². The Labute approximate surface area is 97.3 Å². The van der Waals surface area contributed by atoms with E-state index >= 15 is 0 Å². The Morgan fingerprint density at radius 1 is 1.47 bits per heavy atom. The number of hydrogen-bond acceptors (Lipinski definition) is 4. The minimum absolute atomic E-state index is 0.355. The third kappa shape index (κ3) is 1.95. The molecule has 5 nitrogen and oxygen atoms in total. The molecule has 17 heavy (non-hydrogen) atoms.